The van der Waals surface area contributed by atoms with E-state index in [9.17, 15) is 4.39 Å². The van der Waals surface area contributed by atoms with E-state index in [1.807, 2.05) is 0 Å². The number of thioether (sulfide) groups is 1. The largest absolute Gasteiger partial charge is 0.384 e. The van der Waals surface area contributed by atoms with Gasteiger partial charge in [-0.25, -0.2) is 4.39 Å². The predicted octanol–water partition coefficient (Wildman–Crippen LogP) is 2.60. The lowest BCUT2D eigenvalue weighted by atomic mass is 10.3. The van der Waals surface area contributed by atoms with E-state index in [0.717, 1.165) is 18.0 Å². The Morgan fingerprint density at radius 1 is 1.33 bits per heavy atom. The van der Waals surface area contributed by atoms with Crippen LogP contribution in [-0.2, 0) is 0 Å². The van der Waals surface area contributed by atoms with E-state index in [1.165, 1.54) is 12.1 Å². The molecule has 0 heterocycles. The van der Waals surface area contributed by atoms with Gasteiger partial charge in [-0.3, -0.25) is 0 Å². The van der Waals surface area contributed by atoms with Gasteiger partial charge < -0.3 is 5.32 Å². The Labute approximate surface area is 76.4 Å². The summed E-state index contributed by atoms with van der Waals surface area (Å²) in [5.74, 6) is 0.877. The van der Waals surface area contributed by atoms with Crippen LogP contribution in [0.3, 0.4) is 0 Å². The highest BCUT2D eigenvalue weighted by Gasteiger charge is 1.91. The van der Waals surface area contributed by atoms with Crippen LogP contribution in [0.5, 0.6) is 0 Å². The lowest BCUT2D eigenvalue weighted by molar-refractivity contribution is 0.628. The van der Waals surface area contributed by atoms with E-state index in [0.29, 0.717) is 0 Å². The van der Waals surface area contributed by atoms with Crippen molar-refractivity contribution in [2.75, 3.05) is 23.9 Å². The molecule has 0 saturated carbocycles. The molecule has 0 saturated heterocycles. The number of hydrogen-bond donors (Lipinski definition) is 1. The van der Waals surface area contributed by atoms with Crippen molar-refractivity contribution in [3.63, 3.8) is 0 Å². The van der Waals surface area contributed by atoms with E-state index in [2.05, 4.69) is 11.6 Å². The van der Waals surface area contributed by atoms with E-state index in [4.69, 9.17) is 0 Å². The van der Waals surface area contributed by atoms with Crippen molar-refractivity contribution in [2.45, 2.75) is 0 Å². The Hall–Kier alpha value is -0.700. The standard InChI is InChI=1S/C9H12FNS/c1-12-7-6-11-9-4-2-8(10)3-5-9/h2-5,11H,6-7H2,1H3. The highest BCUT2D eigenvalue weighted by molar-refractivity contribution is 7.98. The SMILES string of the molecule is CSCCNc1ccc(F)cc1. The van der Waals surface area contributed by atoms with Crippen molar-refractivity contribution >= 4 is 17.4 Å². The van der Waals surface area contributed by atoms with Gasteiger partial charge >= 0.3 is 0 Å². The molecule has 0 radical (unpaired) electrons. The maximum atomic E-state index is 12.4. The molecule has 0 bridgehead atoms. The minimum Gasteiger partial charge on any atom is -0.384 e. The second-order valence-electron chi connectivity index (χ2n) is 2.43. The Bertz CT molecular complexity index is 222. The number of benzene rings is 1. The quantitative estimate of drug-likeness (QED) is 0.724. The van der Waals surface area contributed by atoms with Gasteiger partial charge in [-0.2, -0.15) is 11.8 Å². The van der Waals surface area contributed by atoms with Gasteiger partial charge in [0.15, 0.2) is 0 Å². The molecule has 1 rings (SSSR count). The summed E-state index contributed by atoms with van der Waals surface area (Å²) >= 11 is 1.79. The third-order valence-corrected chi connectivity index (χ3v) is 2.09. The van der Waals surface area contributed by atoms with Crippen LogP contribution in [0.15, 0.2) is 24.3 Å². The van der Waals surface area contributed by atoms with Crippen molar-refractivity contribution in [1.29, 1.82) is 0 Å². The molecule has 0 aliphatic carbocycles. The van der Waals surface area contributed by atoms with E-state index >= 15 is 0 Å². The molecule has 12 heavy (non-hydrogen) atoms. The van der Waals surface area contributed by atoms with Gasteiger partial charge in [0.25, 0.3) is 0 Å². The van der Waals surface area contributed by atoms with Crippen LogP contribution < -0.4 is 5.32 Å². The summed E-state index contributed by atoms with van der Waals surface area (Å²) in [5, 5.41) is 3.19. The van der Waals surface area contributed by atoms with Gasteiger partial charge in [0.05, 0.1) is 0 Å². The normalized spacial score (nSPS) is 9.83. The first-order valence-electron chi connectivity index (χ1n) is 3.81. The van der Waals surface area contributed by atoms with E-state index < -0.39 is 0 Å². The second-order valence-corrected chi connectivity index (χ2v) is 3.41. The van der Waals surface area contributed by atoms with Crippen LogP contribution in [0.25, 0.3) is 0 Å². The third kappa shape index (κ3) is 3.13. The van der Waals surface area contributed by atoms with Gasteiger partial charge in [-0.05, 0) is 30.5 Å². The van der Waals surface area contributed by atoms with E-state index in [1.54, 1.807) is 23.9 Å². The molecule has 0 aromatic heterocycles. The molecule has 3 heteroatoms. The molecule has 0 aliphatic rings. The highest BCUT2D eigenvalue weighted by Crippen LogP contribution is 2.07. The molecule has 0 atom stereocenters. The zero-order chi connectivity index (χ0) is 8.81. The fourth-order valence-electron chi connectivity index (χ4n) is 0.865. The maximum Gasteiger partial charge on any atom is 0.123 e. The summed E-state index contributed by atoms with van der Waals surface area (Å²) in [6.45, 7) is 0.923. The van der Waals surface area contributed by atoms with Crippen LogP contribution >= 0.6 is 11.8 Å². The zero-order valence-corrected chi connectivity index (χ0v) is 7.83. The summed E-state index contributed by atoms with van der Waals surface area (Å²) in [6, 6.07) is 6.41. The lowest BCUT2D eigenvalue weighted by Gasteiger charge is -2.03. The van der Waals surface area contributed by atoms with Gasteiger partial charge in [0, 0.05) is 18.0 Å². The first-order chi connectivity index (χ1) is 5.83. The van der Waals surface area contributed by atoms with Crippen LogP contribution in [0.4, 0.5) is 10.1 Å². The first kappa shape index (κ1) is 9.39. The smallest absolute Gasteiger partial charge is 0.123 e. The molecular weight excluding hydrogens is 173 g/mol. The van der Waals surface area contributed by atoms with Crippen LogP contribution in [-0.4, -0.2) is 18.6 Å². The Kier molecular flexibility index (Phi) is 3.94. The lowest BCUT2D eigenvalue weighted by Crippen LogP contribution is -2.03. The average Bonchev–Trinajstić information content (AvgIpc) is 2.09. The van der Waals surface area contributed by atoms with Crippen molar-refractivity contribution < 1.29 is 4.39 Å². The Morgan fingerprint density at radius 2 is 2.00 bits per heavy atom. The fraction of sp³-hybridized carbons (Fsp3) is 0.333. The molecule has 0 unspecified atom stereocenters. The van der Waals surface area contributed by atoms with Crippen molar-refractivity contribution in [2.24, 2.45) is 0 Å². The molecule has 0 amide bonds. The minimum atomic E-state index is -0.189. The van der Waals surface area contributed by atoms with Gasteiger partial charge in [-0.1, -0.05) is 0 Å². The summed E-state index contributed by atoms with van der Waals surface area (Å²) in [6.07, 6.45) is 2.06. The molecule has 66 valence electrons. The maximum absolute atomic E-state index is 12.4. The van der Waals surface area contributed by atoms with Crippen LogP contribution in [0, 0.1) is 5.82 Å². The van der Waals surface area contributed by atoms with Gasteiger partial charge in [-0.15, -0.1) is 0 Å². The molecule has 1 aromatic carbocycles. The summed E-state index contributed by atoms with van der Waals surface area (Å²) in [7, 11) is 0. The fourth-order valence-corrected chi connectivity index (χ4v) is 1.17. The Balaban J connectivity index is 2.37. The average molecular weight is 185 g/mol. The predicted molar refractivity (Wildman–Crippen MR) is 53.3 cm³/mol. The minimum absolute atomic E-state index is 0.189. The molecular formula is C9H12FNS. The molecule has 0 fully saturated rings. The van der Waals surface area contributed by atoms with Crippen LogP contribution in [0.2, 0.25) is 0 Å². The van der Waals surface area contributed by atoms with Gasteiger partial charge in [0.2, 0.25) is 0 Å². The van der Waals surface area contributed by atoms with Crippen molar-refractivity contribution in [3.05, 3.63) is 30.1 Å². The molecule has 1 N–H and O–H groups in total. The first-order valence-corrected chi connectivity index (χ1v) is 5.20. The number of hydrogen-bond acceptors (Lipinski definition) is 2. The number of nitrogens with one attached hydrogen (secondary N) is 1. The van der Waals surface area contributed by atoms with Gasteiger partial charge in [0.1, 0.15) is 5.82 Å². The highest BCUT2D eigenvalue weighted by atomic mass is 32.2. The van der Waals surface area contributed by atoms with Crippen molar-refractivity contribution in [3.8, 4) is 0 Å². The molecule has 0 spiro atoms. The molecule has 1 aromatic rings. The number of halogens is 1. The second kappa shape index (κ2) is 5.04. The monoisotopic (exact) mass is 185 g/mol. The summed E-state index contributed by atoms with van der Waals surface area (Å²) < 4.78 is 12.4. The number of rotatable bonds is 4. The topological polar surface area (TPSA) is 12.0 Å². The molecule has 0 aliphatic heterocycles. The summed E-state index contributed by atoms with van der Waals surface area (Å²) in [5.41, 5.74) is 0.977. The van der Waals surface area contributed by atoms with E-state index in [-0.39, 0.29) is 5.82 Å². The zero-order valence-electron chi connectivity index (χ0n) is 7.01. The third-order valence-electron chi connectivity index (χ3n) is 1.48. The van der Waals surface area contributed by atoms with Crippen LogP contribution in [0.1, 0.15) is 0 Å². The van der Waals surface area contributed by atoms with Crippen molar-refractivity contribution in [1.82, 2.24) is 0 Å². The summed E-state index contributed by atoms with van der Waals surface area (Å²) in [4.78, 5) is 0. The Morgan fingerprint density at radius 3 is 2.58 bits per heavy atom. The number of anilines is 1. The molecule has 1 nitrogen and oxygen atoms in total.